The molecule has 2 amide bonds. The Morgan fingerprint density at radius 3 is 2.66 bits per heavy atom. The molecule has 4 aromatic rings. The molecule has 0 bridgehead atoms. The van der Waals surface area contributed by atoms with Crippen molar-refractivity contribution < 1.29 is 18.7 Å². The molecular weight excluding hydrogens is 504 g/mol. The number of nitrogens with one attached hydrogen (secondary N) is 1. The van der Waals surface area contributed by atoms with Gasteiger partial charge in [-0.1, -0.05) is 25.3 Å². The Hall–Kier alpha value is -3.99. The highest BCUT2D eigenvalue weighted by Gasteiger charge is 2.35. The number of ether oxygens (including phenoxy) is 1. The maximum atomic E-state index is 13.8. The summed E-state index contributed by atoms with van der Waals surface area (Å²) >= 11 is 1.52. The van der Waals surface area contributed by atoms with Crippen LogP contribution in [0.4, 0.5) is 0 Å². The Morgan fingerprint density at radius 2 is 1.97 bits per heavy atom. The number of hydrogen-bond donors (Lipinski definition) is 1. The fraction of sp³-hybridized carbons (Fsp3) is 0.370. The molecular formula is C27H30N6O4S. The third kappa shape index (κ3) is 6.10. The first kappa shape index (κ1) is 25.7. The Morgan fingerprint density at radius 1 is 1.16 bits per heavy atom. The van der Waals surface area contributed by atoms with Crippen LogP contribution in [0.5, 0.6) is 5.75 Å². The second kappa shape index (κ2) is 12.0. The van der Waals surface area contributed by atoms with Crippen molar-refractivity contribution in [2.24, 2.45) is 0 Å². The van der Waals surface area contributed by atoms with Gasteiger partial charge in [-0.2, -0.15) is 4.80 Å². The number of nitrogens with zero attached hydrogens (tertiary/aromatic N) is 5. The lowest BCUT2D eigenvalue weighted by molar-refractivity contribution is -0.143. The van der Waals surface area contributed by atoms with E-state index in [0.29, 0.717) is 11.6 Å². The van der Waals surface area contributed by atoms with Crippen LogP contribution in [-0.4, -0.2) is 50.1 Å². The average Bonchev–Trinajstić information content (AvgIpc) is 3.73. The molecule has 1 fully saturated rings. The second-order valence-electron chi connectivity index (χ2n) is 9.23. The van der Waals surface area contributed by atoms with Crippen LogP contribution in [0.2, 0.25) is 0 Å². The van der Waals surface area contributed by atoms with Crippen LogP contribution in [0.1, 0.15) is 48.8 Å². The summed E-state index contributed by atoms with van der Waals surface area (Å²) in [6.45, 7) is 0.0719. The van der Waals surface area contributed by atoms with Crippen molar-refractivity contribution in [3.63, 3.8) is 0 Å². The molecule has 1 atom stereocenters. The second-order valence-corrected chi connectivity index (χ2v) is 10.3. The van der Waals surface area contributed by atoms with E-state index in [1.165, 1.54) is 28.8 Å². The lowest BCUT2D eigenvalue weighted by Gasteiger charge is -2.31. The van der Waals surface area contributed by atoms with Crippen molar-refractivity contribution in [2.45, 2.75) is 57.3 Å². The van der Waals surface area contributed by atoms with Gasteiger partial charge in [-0.05, 0) is 65.9 Å². The van der Waals surface area contributed by atoms with E-state index in [2.05, 4.69) is 20.7 Å². The predicted octanol–water partition coefficient (Wildman–Crippen LogP) is 4.22. The zero-order valence-electron chi connectivity index (χ0n) is 21.2. The van der Waals surface area contributed by atoms with Gasteiger partial charge >= 0.3 is 0 Å². The van der Waals surface area contributed by atoms with Gasteiger partial charge in [0.05, 0.1) is 19.9 Å². The molecule has 1 aliphatic rings. The summed E-state index contributed by atoms with van der Waals surface area (Å²) < 4.78 is 10.9. The highest BCUT2D eigenvalue weighted by Crippen LogP contribution is 2.27. The van der Waals surface area contributed by atoms with Crippen molar-refractivity contribution in [2.75, 3.05) is 7.11 Å². The van der Waals surface area contributed by atoms with Crippen molar-refractivity contribution >= 4 is 23.2 Å². The zero-order valence-corrected chi connectivity index (χ0v) is 22.0. The number of furan rings is 1. The third-order valence-corrected chi connectivity index (χ3v) is 7.49. The summed E-state index contributed by atoms with van der Waals surface area (Å²) in [6.07, 6.45) is 6.74. The zero-order chi connectivity index (χ0) is 26.3. The minimum absolute atomic E-state index is 0.0939. The third-order valence-electron chi connectivity index (χ3n) is 6.63. The van der Waals surface area contributed by atoms with E-state index in [9.17, 15) is 9.59 Å². The molecule has 11 heteroatoms. The monoisotopic (exact) mass is 534 g/mol. The van der Waals surface area contributed by atoms with Crippen molar-refractivity contribution in [3.05, 3.63) is 70.8 Å². The fourth-order valence-corrected chi connectivity index (χ4v) is 5.37. The summed E-state index contributed by atoms with van der Waals surface area (Å²) in [4.78, 5) is 31.2. The molecule has 198 valence electrons. The molecule has 10 nitrogen and oxygen atoms in total. The van der Waals surface area contributed by atoms with E-state index in [1.807, 2.05) is 41.8 Å². The lowest BCUT2D eigenvalue weighted by atomic mass is 9.95. The maximum Gasteiger partial charge on any atom is 0.250 e. The number of rotatable bonds is 10. The first-order valence-electron chi connectivity index (χ1n) is 12.7. The van der Waals surface area contributed by atoms with Crippen molar-refractivity contribution in [3.8, 4) is 17.1 Å². The molecule has 38 heavy (non-hydrogen) atoms. The highest BCUT2D eigenvalue weighted by atomic mass is 32.1. The predicted molar refractivity (Wildman–Crippen MR) is 141 cm³/mol. The van der Waals surface area contributed by atoms with Gasteiger partial charge < -0.3 is 19.4 Å². The number of amides is 2. The molecule has 0 aliphatic heterocycles. The number of methoxy groups -OCH3 is 1. The summed E-state index contributed by atoms with van der Waals surface area (Å²) in [5.41, 5.74) is 0.750. The molecule has 1 aliphatic carbocycles. The fourth-order valence-electron chi connectivity index (χ4n) is 4.67. The van der Waals surface area contributed by atoms with E-state index in [4.69, 9.17) is 9.15 Å². The van der Waals surface area contributed by atoms with Crippen LogP contribution >= 0.6 is 11.3 Å². The van der Waals surface area contributed by atoms with E-state index in [0.717, 1.165) is 41.9 Å². The van der Waals surface area contributed by atoms with Crippen LogP contribution in [-0.2, 0) is 22.7 Å². The molecule has 3 aromatic heterocycles. The van der Waals surface area contributed by atoms with E-state index in [-0.39, 0.29) is 30.9 Å². The number of thiophene rings is 1. The largest absolute Gasteiger partial charge is 0.497 e. The van der Waals surface area contributed by atoms with E-state index >= 15 is 0 Å². The van der Waals surface area contributed by atoms with Gasteiger partial charge in [-0.25, -0.2) is 0 Å². The highest BCUT2D eigenvalue weighted by molar-refractivity contribution is 7.09. The number of aromatic nitrogens is 4. The first-order chi connectivity index (χ1) is 18.6. The van der Waals surface area contributed by atoms with Crippen molar-refractivity contribution in [1.82, 2.24) is 30.4 Å². The van der Waals surface area contributed by atoms with Crippen LogP contribution in [0.15, 0.2) is 64.6 Å². The van der Waals surface area contributed by atoms with Gasteiger partial charge in [-0.3, -0.25) is 9.59 Å². The smallest absolute Gasteiger partial charge is 0.250 e. The molecule has 5 rings (SSSR count). The summed E-state index contributed by atoms with van der Waals surface area (Å²) in [5.74, 6) is 0.951. The summed E-state index contributed by atoms with van der Waals surface area (Å²) in [7, 11) is 1.60. The number of benzene rings is 1. The Labute approximate surface area is 224 Å². The quantitative estimate of drug-likeness (QED) is 0.324. The SMILES string of the molecule is COc1ccc(-c2nnn(CC(=O)N(Cc3cccs3)[C@H](C(=O)NC3CCCCC3)c3ccco3)n2)cc1. The van der Waals surface area contributed by atoms with Crippen LogP contribution in [0.25, 0.3) is 11.4 Å². The normalized spacial score (nSPS) is 14.7. The topological polar surface area (TPSA) is 115 Å². The lowest BCUT2D eigenvalue weighted by Crippen LogP contribution is -2.47. The minimum atomic E-state index is -0.925. The molecule has 1 aromatic carbocycles. The van der Waals surface area contributed by atoms with Crippen molar-refractivity contribution in [1.29, 1.82) is 0 Å². The van der Waals surface area contributed by atoms with E-state index in [1.54, 1.807) is 24.1 Å². The van der Waals surface area contributed by atoms with Crippen LogP contribution in [0.3, 0.4) is 0 Å². The maximum absolute atomic E-state index is 13.8. The molecule has 0 spiro atoms. The Bertz CT molecular complexity index is 1310. The summed E-state index contributed by atoms with van der Waals surface area (Å²) in [5, 5.41) is 17.7. The number of hydrogen-bond acceptors (Lipinski definition) is 8. The first-order valence-corrected chi connectivity index (χ1v) is 13.6. The van der Waals surface area contributed by atoms with Gasteiger partial charge in [0.2, 0.25) is 11.7 Å². The summed E-state index contributed by atoms with van der Waals surface area (Å²) in [6, 6.07) is 13.8. The molecule has 1 saturated carbocycles. The molecule has 0 saturated heterocycles. The minimum Gasteiger partial charge on any atom is -0.497 e. The number of tetrazole rings is 1. The van der Waals surface area contributed by atoms with Gasteiger partial charge in [0.15, 0.2) is 6.04 Å². The van der Waals surface area contributed by atoms with Gasteiger partial charge in [0.1, 0.15) is 18.1 Å². The van der Waals surface area contributed by atoms with Gasteiger partial charge in [-0.15, -0.1) is 21.5 Å². The van der Waals surface area contributed by atoms with Gasteiger partial charge in [0.25, 0.3) is 5.91 Å². The number of carbonyl (C=O) groups is 2. The Kier molecular flexibility index (Phi) is 8.12. The molecule has 0 unspecified atom stereocenters. The van der Waals surface area contributed by atoms with E-state index < -0.39 is 6.04 Å². The molecule has 0 radical (unpaired) electrons. The van der Waals surface area contributed by atoms with Gasteiger partial charge in [0, 0.05) is 16.5 Å². The average molecular weight is 535 g/mol. The Balaban J connectivity index is 1.39. The standard InChI is InChI=1S/C27H30N6O4S/c1-36-21-13-11-19(12-14-21)26-29-31-33(30-26)18-24(34)32(17-22-9-6-16-38-22)25(23-10-5-15-37-23)27(35)28-20-7-3-2-4-8-20/h5-6,9-16,20,25H,2-4,7-8,17-18H2,1H3,(H,28,35)/t25-/m0/s1. The molecule has 1 N–H and O–H groups in total. The number of carbonyl (C=O) groups excluding carboxylic acids is 2. The molecule has 3 heterocycles. The van der Waals surface area contributed by atoms with Crippen LogP contribution < -0.4 is 10.1 Å². The van der Waals surface area contributed by atoms with Crippen LogP contribution in [0, 0.1) is 0 Å².